The number of aliphatic hydroxyl groups excluding tert-OH is 1. The molecule has 2 aromatic carbocycles. The second-order valence-corrected chi connectivity index (χ2v) is 10.2. The number of Topliss-reactive ketones (excluding diaryl/α,β-unsaturated/α-hetero) is 1. The standard InChI is InChI=1S/C25H15Cl3FN3O5S/c1-36-22-11(7-13(27)23(37-2)18(22)28)20(33)17-19(10-3-5-30-6-4-10)32(24(35)21(17)34)25-31-15-8-12(26)14(29)9-16(15)38-25/h3-9,19,33H,1-2H3/b20-17+. The van der Waals surface area contributed by atoms with E-state index in [1.165, 1.54) is 44.8 Å². The maximum Gasteiger partial charge on any atom is 0.301 e. The minimum absolute atomic E-state index is 0.0183. The molecule has 1 unspecified atom stereocenters. The number of rotatable bonds is 5. The van der Waals surface area contributed by atoms with Crippen LogP contribution in [-0.2, 0) is 9.59 Å². The highest BCUT2D eigenvalue weighted by Gasteiger charge is 2.48. The minimum atomic E-state index is -1.12. The molecule has 8 nitrogen and oxygen atoms in total. The van der Waals surface area contributed by atoms with Crippen molar-refractivity contribution in [1.82, 2.24) is 9.97 Å². The third kappa shape index (κ3) is 4.14. The quantitative estimate of drug-likeness (QED) is 0.161. The first kappa shape index (κ1) is 26.2. The van der Waals surface area contributed by atoms with E-state index in [0.29, 0.717) is 15.8 Å². The molecule has 0 spiro atoms. The number of ether oxygens (including phenoxy) is 2. The Hall–Kier alpha value is -3.44. The fourth-order valence-electron chi connectivity index (χ4n) is 4.20. The molecule has 0 aliphatic carbocycles. The molecule has 0 saturated carbocycles. The van der Waals surface area contributed by atoms with E-state index in [2.05, 4.69) is 9.97 Å². The average molecular weight is 595 g/mol. The Morgan fingerprint density at radius 3 is 2.39 bits per heavy atom. The number of anilines is 1. The summed E-state index contributed by atoms with van der Waals surface area (Å²) in [6.07, 6.45) is 2.95. The molecule has 3 heterocycles. The molecule has 194 valence electrons. The molecule has 13 heteroatoms. The molecule has 1 amide bonds. The number of methoxy groups -OCH3 is 2. The molecule has 1 aliphatic rings. The third-order valence-electron chi connectivity index (χ3n) is 5.89. The third-order valence-corrected chi connectivity index (χ3v) is 7.82. The number of carbonyl (C=O) groups is 2. The van der Waals surface area contributed by atoms with Crippen molar-refractivity contribution >= 4 is 78.9 Å². The zero-order valence-corrected chi connectivity index (χ0v) is 22.5. The Balaban J connectivity index is 1.77. The van der Waals surface area contributed by atoms with E-state index >= 15 is 0 Å². The SMILES string of the molecule is COc1c(Cl)cc(/C(O)=C2\C(=O)C(=O)N(c3nc4cc(Cl)c(F)cc4s3)C2c2ccncc2)c(OC)c1Cl. The molecular formula is C25H15Cl3FN3O5S. The number of halogens is 4. The lowest BCUT2D eigenvalue weighted by molar-refractivity contribution is -0.132. The van der Waals surface area contributed by atoms with Gasteiger partial charge in [-0.25, -0.2) is 9.37 Å². The summed E-state index contributed by atoms with van der Waals surface area (Å²) in [5.74, 6) is -3.08. The van der Waals surface area contributed by atoms with Crippen LogP contribution >= 0.6 is 46.1 Å². The van der Waals surface area contributed by atoms with Crippen molar-refractivity contribution < 1.29 is 28.6 Å². The lowest BCUT2D eigenvalue weighted by Gasteiger charge is -2.23. The molecule has 38 heavy (non-hydrogen) atoms. The van der Waals surface area contributed by atoms with E-state index in [0.717, 1.165) is 16.2 Å². The summed E-state index contributed by atoms with van der Waals surface area (Å²) in [6.45, 7) is 0. The van der Waals surface area contributed by atoms with Crippen LogP contribution in [0.1, 0.15) is 17.2 Å². The Bertz CT molecular complexity index is 1620. The van der Waals surface area contributed by atoms with Crippen molar-refractivity contribution in [2.75, 3.05) is 19.1 Å². The molecule has 1 saturated heterocycles. The van der Waals surface area contributed by atoms with Gasteiger partial charge in [0.15, 0.2) is 16.6 Å². The number of benzene rings is 2. The Kier molecular flexibility index (Phi) is 6.91. The number of carbonyl (C=O) groups excluding carboxylic acids is 2. The summed E-state index contributed by atoms with van der Waals surface area (Å²) >= 11 is 19.6. The van der Waals surface area contributed by atoms with Gasteiger partial charge >= 0.3 is 5.91 Å². The van der Waals surface area contributed by atoms with E-state index < -0.39 is 29.3 Å². The fraction of sp³-hybridized carbons (Fsp3) is 0.120. The molecule has 0 bridgehead atoms. The minimum Gasteiger partial charge on any atom is -0.507 e. The molecule has 1 aliphatic heterocycles. The smallest absolute Gasteiger partial charge is 0.301 e. The number of ketones is 1. The van der Waals surface area contributed by atoms with Crippen LogP contribution < -0.4 is 14.4 Å². The number of hydrogen-bond donors (Lipinski definition) is 1. The number of aliphatic hydroxyl groups is 1. The van der Waals surface area contributed by atoms with Crippen molar-refractivity contribution in [3.8, 4) is 11.5 Å². The molecule has 1 N–H and O–H groups in total. The Morgan fingerprint density at radius 2 is 1.74 bits per heavy atom. The van der Waals surface area contributed by atoms with Crippen LogP contribution in [0.5, 0.6) is 11.5 Å². The van der Waals surface area contributed by atoms with Crippen LogP contribution in [0.3, 0.4) is 0 Å². The lowest BCUT2D eigenvalue weighted by Crippen LogP contribution is -2.29. The van der Waals surface area contributed by atoms with Crippen LogP contribution in [0.15, 0.2) is 48.3 Å². The van der Waals surface area contributed by atoms with Crippen LogP contribution in [0.2, 0.25) is 15.1 Å². The van der Waals surface area contributed by atoms with Crippen molar-refractivity contribution in [1.29, 1.82) is 0 Å². The first-order valence-corrected chi connectivity index (χ1v) is 12.7. The van der Waals surface area contributed by atoms with Crippen LogP contribution in [0.4, 0.5) is 9.52 Å². The zero-order chi connectivity index (χ0) is 27.3. The molecule has 2 aromatic heterocycles. The normalized spacial score (nSPS) is 16.9. The van der Waals surface area contributed by atoms with Gasteiger partial charge in [0.05, 0.1) is 51.7 Å². The highest BCUT2D eigenvalue weighted by atomic mass is 35.5. The molecule has 1 atom stereocenters. The van der Waals surface area contributed by atoms with E-state index in [1.54, 1.807) is 12.1 Å². The molecule has 1 fully saturated rings. The van der Waals surface area contributed by atoms with Gasteiger partial charge in [0.2, 0.25) is 0 Å². The van der Waals surface area contributed by atoms with E-state index in [1.807, 2.05) is 0 Å². The van der Waals surface area contributed by atoms with Gasteiger partial charge < -0.3 is 14.6 Å². The van der Waals surface area contributed by atoms with Gasteiger partial charge in [-0.05, 0) is 35.9 Å². The number of hydrogen-bond acceptors (Lipinski definition) is 8. The van der Waals surface area contributed by atoms with Crippen molar-refractivity contribution in [3.05, 3.63) is 80.3 Å². The maximum absolute atomic E-state index is 14.1. The number of fused-ring (bicyclic) bond motifs is 1. The predicted molar refractivity (Wildman–Crippen MR) is 143 cm³/mol. The summed E-state index contributed by atoms with van der Waals surface area (Å²) < 4.78 is 25.1. The molecule has 0 radical (unpaired) electrons. The Morgan fingerprint density at radius 1 is 1.05 bits per heavy atom. The highest BCUT2D eigenvalue weighted by Crippen LogP contribution is 2.48. The lowest BCUT2D eigenvalue weighted by atomic mass is 9.95. The summed E-state index contributed by atoms with van der Waals surface area (Å²) in [5.41, 5.74) is 0.495. The number of aromatic nitrogens is 2. The van der Waals surface area contributed by atoms with Crippen LogP contribution in [0.25, 0.3) is 16.0 Å². The maximum atomic E-state index is 14.1. The zero-order valence-electron chi connectivity index (χ0n) is 19.5. The highest BCUT2D eigenvalue weighted by molar-refractivity contribution is 7.22. The molecular weight excluding hydrogens is 580 g/mol. The first-order valence-electron chi connectivity index (χ1n) is 10.7. The molecule has 4 aromatic rings. The van der Waals surface area contributed by atoms with E-state index in [-0.39, 0.29) is 42.8 Å². The van der Waals surface area contributed by atoms with E-state index in [9.17, 15) is 19.1 Å². The van der Waals surface area contributed by atoms with Crippen LogP contribution in [0, 0.1) is 5.82 Å². The van der Waals surface area contributed by atoms with Crippen molar-refractivity contribution in [3.63, 3.8) is 0 Å². The van der Waals surface area contributed by atoms with Gasteiger partial charge in [-0.1, -0.05) is 46.1 Å². The van der Waals surface area contributed by atoms with Gasteiger partial charge in [-0.15, -0.1) is 0 Å². The van der Waals surface area contributed by atoms with Crippen molar-refractivity contribution in [2.45, 2.75) is 6.04 Å². The second-order valence-electron chi connectivity index (χ2n) is 7.97. The second kappa shape index (κ2) is 10.0. The number of pyridine rings is 1. The summed E-state index contributed by atoms with van der Waals surface area (Å²) in [6, 6.07) is 5.90. The van der Waals surface area contributed by atoms with Gasteiger partial charge in [-0.2, -0.15) is 0 Å². The number of nitrogens with zero attached hydrogens (tertiary/aromatic N) is 3. The van der Waals surface area contributed by atoms with Gasteiger partial charge in [0.25, 0.3) is 5.78 Å². The van der Waals surface area contributed by atoms with E-state index in [4.69, 9.17) is 44.3 Å². The monoisotopic (exact) mass is 593 g/mol. The van der Waals surface area contributed by atoms with Gasteiger partial charge in [-0.3, -0.25) is 19.5 Å². The number of amides is 1. The number of thiazole rings is 1. The fourth-order valence-corrected chi connectivity index (χ4v) is 6.04. The molecule has 5 rings (SSSR count). The topological polar surface area (TPSA) is 102 Å². The van der Waals surface area contributed by atoms with Crippen molar-refractivity contribution in [2.24, 2.45) is 0 Å². The van der Waals surface area contributed by atoms with Gasteiger partial charge in [0.1, 0.15) is 16.6 Å². The Labute approximate surface area is 233 Å². The van der Waals surface area contributed by atoms with Crippen LogP contribution in [-0.4, -0.2) is 41.0 Å². The summed E-state index contributed by atoms with van der Waals surface area (Å²) in [7, 11) is 2.67. The van der Waals surface area contributed by atoms with Gasteiger partial charge in [0, 0.05) is 12.4 Å². The first-order chi connectivity index (χ1) is 18.2. The largest absolute Gasteiger partial charge is 0.507 e. The predicted octanol–water partition coefficient (Wildman–Crippen LogP) is 6.43. The summed E-state index contributed by atoms with van der Waals surface area (Å²) in [5, 5.41) is 11.5. The summed E-state index contributed by atoms with van der Waals surface area (Å²) in [4.78, 5) is 36.4. The average Bonchev–Trinajstić information content (AvgIpc) is 3.41.